The van der Waals surface area contributed by atoms with Gasteiger partial charge in [-0.15, -0.1) is 23.1 Å². The Morgan fingerprint density at radius 1 is 1.39 bits per heavy atom. The summed E-state index contributed by atoms with van der Waals surface area (Å²) in [6.45, 7) is 0.582. The Labute approximate surface area is 120 Å². The number of nitrogens with two attached hydrogens (primary N) is 1. The minimum Gasteiger partial charge on any atom is -0.497 e. The maximum Gasteiger partial charge on any atom is 0.119 e. The number of rotatable bonds is 5. The fourth-order valence-electron chi connectivity index (χ4n) is 1.56. The van der Waals surface area contributed by atoms with Crippen molar-refractivity contribution in [1.82, 2.24) is 0 Å². The first-order valence-corrected chi connectivity index (χ1v) is 7.56. The van der Waals surface area contributed by atoms with E-state index in [2.05, 4.69) is 6.07 Å². The van der Waals surface area contributed by atoms with Crippen molar-refractivity contribution in [2.75, 3.05) is 13.7 Å². The average molecular weight is 300 g/mol. The molecule has 0 radical (unpaired) electrons. The Morgan fingerprint density at radius 3 is 2.83 bits per heavy atom. The van der Waals surface area contributed by atoms with E-state index < -0.39 is 0 Å². The Bertz CT molecular complexity index is 515. The summed E-state index contributed by atoms with van der Waals surface area (Å²) in [5.74, 6) is 0.861. The molecule has 0 aliphatic carbocycles. The second-order valence-corrected chi connectivity index (χ2v) is 6.69. The van der Waals surface area contributed by atoms with Gasteiger partial charge in [0, 0.05) is 16.3 Å². The number of thiophene rings is 1. The summed E-state index contributed by atoms with van der Waals surface area (Å²) in [5.41, 5.74) is 5.84. The van der Waals surface area contributed by atoms with E-state index in [1.165, 1.54) is 4.88 Å². The molecule has 1 atom stereocenters. The monoisotopic (exact) mass is 299 g/mol. The van der Waals surface area contributed by atoms with Crippen LogP contribution in [0.4, 0.5) is 0 Å². The quantitative estimate of drug-likeness (QED) is 0.840. The zero-order valence-corrected chi connectivity index (χ0v) is 12.3. The molecule has 0 saturated carbocycles. The number of thioether (sulfide) groups is 1. The molecule has 0 amide bonds. The van der Waals surface area contributed by atoms with Crippen LogP contribution in [0.5, 0.6) is 5.75 Å². The number of hydrogen-bond acceptors (Lipinski definition) is 4. The van der Waals surface area contributed by atoms with Gasteiger partial charge in [0.05, 0.1) is 16.7 Å². The van der Waals surface area contributed by atoms with Crippen molar-refractivity contribution >= 4 is 34.7 Å². The van der Waals surface area contributed by atoms with Crippen LogP contribution in [0.1, 0.15) is 10.1 Å². The number of halogens is 1. The molecular weight excluding hydrogens is 286 g/mol. The van der Waals surface area contributed by atoms with Crippen LogP contribution in [0.15, 0.2) is 41.3 Å². The van der Waals surface area contributed by atoms with E-state index in [0.717, 1.165) is 15.0 Å². The van der Waals surface area contributed by atoms with Crippen molar-refractivity contribution in [2.24, 2.45) is 5.73 Å². The van der Waals surface area contributed by atoms with Crippen LogP contribution < -0.4 is 10.5 Å². The molecule has 1 aromatic carbocycles. The molecule has 1 aromatic heterocycles. The molecule has 5 heteroatoms. The highest BCUT2D eigenvalue weighted by Crippen LogP contribution is 2.39. The first-order chi connectivity index (χ1) is 8.72. The Morgan fingerprint density at radius 2 is 2.22 bits per heavy atom. The van der Waals surface area contributed by atoms with Crippen LogP contribution in [0.25, 0.3) is 0 Å². The van der Waals surface area contributed by atoms with Crippen LogP contribution >= 0.6 is 34.7 Å². The van der Waals surface area contributed by atoms with E-state index in [9.17, 15) is 0 Å². The predicted molar refractivity (Wildman–Crippen MR) is 80.0 cm³/mol. The summed E-state index contributed by atoms with van der Waals surface area (Å²) < 4.78 is 6.02. The maximum atomic E-state index is 5.96. The molecule has 96 valence electrons. The third-order valence-electron chi connectivity index (χ3n) is 2.44. The van der Waals surface area contributed by atoms with Gasteiger partial charge in [0.25, 0.3) is 0 Å². The summed E-state index contributed by atoms with van der Waals surface area (Å²) in [5, 5.41) is 0.231. The number of ether oxygens (including phenoxy) is 1. The van der Waals surface area contributed by atoms with Crippen molar-refractivity contribution in [1.29, 1.82) is 0 Å². The number of methoxy groups -OCH3 is 1. The summed E-state index contributed by atoms with van der Waals surface area (Å²) in [7, 11) is 1.67. The van der Waals surface area contributed by atoms with Crippen molar-refractivity contribution in [3.05, 3.63) is 45.6 Å². The molecule has 0 saturated heterocycles. The molecule has 0 bridgehead atoms. The molecular formula is C13H14ClNOS2. The molecule has 1 unspecified atom stereocenters. The maximum absolute atomic E-state index is 5.96. The highest BCUT2D eigenvalue weighted by Gasteiger charge is 2.14. The van der Waals surface area contributed by atoms with Crippen LogP contribution in [-0.4, -0.2) is 13.7 Å². The molecule has 0 aliphatic rings. The lowest BCUT2D eigenvalue weighted by atomic mass is 10.3. The van der Waals surface area contributed by atoms with E-state index in [1.807, 2.05) is 30.3 Å². The molecule has 0 spiro atoms. The normalized spacial score (nSPS) is 12.4. The van der Waals surface area contributed by atoms with Crippen LogP contribution in [0.3, 0.4) is 0 Å². The molecule has 2 rings (SSSR count). The van der Waals surface area contributed by atoms with Crippen LogP contribution in [-0.2, 0) is 0 Å². The Hall–Kier alpha value is -0.680. The third-order valence-corrected chi connectivity index (χ3v) is 5.20. The lowest BCUT2D eigenvalue weighted by molar-refractivity contribution is 0.413. The van der Waals surface area contributed by atoms with Crippen molar-refractivity contribution in [3.63, 3.8) is 0 Å². The van der Waals surface area contributed by atoms with Gasteiger partial charge < -0.3 is 10.5 Å². The Balaban J connectivity index is 2.14. The summed E-state index contributed by atoms with van der Waals surface area (Å²) >= 11 is 9.27. The molecule has 18 heavy (non-hydrogen) atoms. The van der Waals surface area contributed by atoms with Gasteiger partial charge in [-0.1, -0.05) is 17.7 Å². The highest BCUT2D eigenvalue weighted by molar-refractivity contribution is 7.99. The second-order valence-electron chi connectivity index (χ2n) is 3.66. The first kappa shape index (κ1) is 13.7. The summed E-state index contributed by atoms with van der Waals surface area (Å²) in [6, 6.07) is 11.9. The van der Waals surface area contributed by atoms with Gasteiger partial charge in [-0.05, 0) is 30.3 Å². The van der Waals surface area contributed by atoms with Gasteiger partial charge in [0.1, 0.15) is 5.75 Å². The molecule has 0 aliphatic heterocycles. The van der Waals surface area contributed by atoms with Crippen LogP contribution in [0, 0.1) is 0 Å². The zero-order valence-electron chi connectivity index (χ0n) is 9.93. The van der Waals surface area contributed by atoms with Crippen LogP contribution in [0.2, 0.25) is 4.34 Å². The second kappa shape index (κ2) is 6.48. The van der Waals surface area contributed by atoms with Gasteiger partial charge in [-0.2, -0.15) is 0 Å². The minimum absolute atomic E-state index is 0.231. The highest BCUT2D eigenvalue weighted by atomic mass is 35.5. The summed E-state index contributed by atoms with van der Waals surface area (Å²) in [4.78, 5) is 2.35. The number of benzene rings is 1. The van der Waals surface area contributed by atoms with Crippen molar-refractivity contribution in [3.8, 4) is 5.75 Å². The Kier molecular flexibility index (Phi) is 4.95. The summed E-state index contributed by atoms with van der Waals surface area (Å²) in [6.07, 6.45) is 0. The topological polar surface area (TPSA) is 35.2 Å². The third kappa shape index (κ3) is 3.42. The fraction of sp³-hybridized carbons (Fsp3) is 0.231. The van der Waals surface area contributed by atoms with Crippen molar-refractivity contribution in [2.45, 2.75) is 10.1 Å². The number of hydrogen-bond donors (Lipinski definition) is 1. The van der Waals surface area contributed by atoms with E-state index >= 15 is 0 Å². The minimum atomic E-state index is 0.231. The first-order valence-electron chi connectivity index (χ1n) is 5.49. The van der Waals surface area contributed by atoms with Gasteiger partial charge in [0.2, 0.25) is 0 Å². The molecule has 2 nitrogen and oxygen atoms in total. The van der Waals surface area contributed by atoms with E-state index in [1.54, 1.807) is 30.2 Å². The average Bonchev–Trinajstić information content (AvgIpc) is 2.82. The lowest BCUT2D eigenvalue weighted by Gasteiger charge is -2.13. The predicted octanol–water partition coefficient (Wildman–Crippen LogP) is 4.20. The molecule has 2 aromatic rings. The standard InChI is InChI=1S/C13H14ClNOS2/c1-16-9-3-2-4-10(7-9)17-12(8-15)11-5-6-13(14)18-11/h2-7,12H,8,15H2,1H3. The smallest absolute Gasteiger partial charge is 0.119 e. The fourth-order valence-corrected chi connectivity index (χ4v) is 3.87. The van der Waals surface area contributed by atoms with E-state index in [0.29, 0.717) is 6.54 Å². The van der Waals surface area contributed by atoms with E-state index in [-0.39, 0.29) is 5.25 Å². The van der Waals surface area contributed by atoms with Gasteiger partial charge in [-0.3, -0.25) is 0 Å². The van der Waals surface area contributed by atoms with Gasteiger partial charge in [-0.25, -0.2) is 0 Å². The van der Waals surface area contributed by atoms with E-state index in [4.69, 9.17) is 22.1 Å². The van der Waals surface area contributed by atoms with Gasteiger partial charge in [0.15, 0.2) is 0 Å². The largest absolute Gasteiger partial charge is 0.497 e. The molecule has 0 fully saturated rings. The van der Waals surface area contributed by atoms with Gasteiger partial charge >= 0.3 is 0 Å². The van der Waals surface area contributed by atoms with Crippen molar-refractivity contribution < 1.29 is 4.74 Å². The molecule has 2 N–H and O–H groups in total. The zero-order chi connectivity index (χ0) is 13.0. The molecule has 1 heterocycles. The lowest BCUT2D eigenvalue weighted by Crippen LogP contribution is -2.07. The SMILES string of the molecule is COc1cccc(SC(CN)c2ccc(Cl)s2)c1.